The second kappa shape index (κ2) is 6.79. The number of nitrogens with zero attached hydrogens (tertiary/aromatic N) is 1. The van der Waals surface area contributed by atoms with Gasteiger partial charge in [0, 0.05) is 22.8 Å². The highest BCUT2D eigenvalue weighted by Crippen LogP contribution is 2.30. The predicted octanol–water partition coefficient (Wildman–Crippen LogP) is 3.94. The zero-order valence-corrected chi connectivity index (χ0v) is 13.3. The molecule has 0 saturated carbocycles. The van der Waals surface area contributed by atoms with Gasteiger partial charge < -0.3 is 9.64 Å². The molecule has 0 bridgehead atoms. The first-order chi connectivity index (χ1) is 10.4. The molecule has 0 radical (unpaired) electrons. The number of hydrogen-bond donors (Lipinski definition) is 0. The van der Waals surface area contributed by atoms with Crippen molar-refractivity contribution in [2.24, 2.45) is 0 Å². The number of fused-ring (bicyclic) bond motifs is 1. The van der Waals surface area contributed by atoms with Crippen LogP contribution in [0.3, 0.4) is 0 Å². The van der Waals surface area contributed by atoms with Crippen LogP contribution in [0.25, 0.3) is 0 Å². The molecule has 0 saturated heterocycles. The van der Waals surface area contributed by atoms with E-state index in [0.717, 1.165) is 11.3 Å². The van der Waals surface area contributed by atoms with Crippen molar-refractivity contribution >= 4 is 23.2 Å². The molecule has 22 heavy (non-hydrogen) atoms. The largest absolute Gasteiger partial charge is 0.497 e. The summed E-state index contributed by atoms with van der Waals surface area (Å²) in [6, 6.07) is 4.43. The van der Waals surface area contributed by atoms with Crippen LogP contribution >= 0.6 is 11.6 Å². The summed E-state index contributed by atoms with van der Waals surface area (Å²) in [5.74, 6) is -0.160. The van der Waals surface area contributed by atoms with E-state index < -0.39 is 0 Å². The van der Waals surface area contributed by atoms with Crippen LogP contribution in [-0.2, 0) is 16.0 Å². The van der Waals surface area contributed by atoms with Crippen molar-refractivity contribution < 1.29 is 13.9 Å². The molecule has 0 atom stereocenters. The highest BCUT2D eigenvalue weighted by atomic mass is 35.5. The molecule has 0 spiro atoms. The number of anilines is 1. The van der Waals surface area contributed by atoms with Gasteiger partial charge in [0.05, 0.1) is 7.11 Å². The summed E-state index contributed by atoms with van der Waals surface area (Å²) in [5.41, 5.74) is 1.92. The molecule has 1 aromatic rings. The number of allylic oxidation sites excluding steroid dienone is 2. The molecule has 0 N–H and O–H groups in total. The quantitative estimate of drug-likeness (QED) is 0.477. The molecule has 1 aliphatic rings. The Balaban J connectivity index is 2.36. The molecule has 5 heteroatoms. The van der Waals surface area contributed by atoms with Gasteiger partial charge in [-0.3, -0.25) is 4.79 Å². The van der Waals surface area contributed by atoms with Crippen LogP contribution in [0.5, 0.6) is 0 Å². The van der Waals surface area contributed by atoms with Crippen molar-refractivity contribution in [2.45, 2.75) is 13.3 Å². The van der Waals surface area contributed by atoms with Crippen LogP contribution in [0.1, 0.15) is 12.5 Å². The van der Waals surface area contributed by atoms with Crippen molar-refractivity contribution in [3.05, 3.63) is 64.7 Å². The first-order valence-corrected chi connectivity index (χ1v) is 7.19. The highest BCUT2D eigenvalue weighted by molar-refractivity contribution is 6.30. The van der Waals surface area contributed by atoms with Gasteiger partial charge in [0.15, 0.2) is 0 Å². The van der Waals surface area contributed by atoms with E-state index in [4.69, 9.17) is 16.3 Å². The van der Waals surface area contributed by atoms with Gasteiger partial charge >= 0.3 is 0 Å². The number of carbonyl (C=O) groups is 1. The average Bonchev–Trinajstić information content (AvgIpc) is 2.87. The van der Waals surface area contributed by atoms with Gasteiger partial charge in [-0.05, 0) is 49.3 Å². The van der Waals surface area contributed by atoms with Gasteiger partial charge in [-0.1, -0.05) is 18.2 Å². The second-order valence-corrected chi connectivity index (χ2v) is 5.58. The van der Waals surface area contributed by atoms with E-state index in [2.05, 4.69) is 6.58 Å². The number of hydrogen-bond acceptors (Lipinski definition) is 2. The molecule has 2 rings (SSSR count). The molecule has 0 aliphatic carbocycles. The number of halogens is 2. The minimum Gasteiger partial charge on any atom is -0.497 e. The SMILES string of the molecule is C=C(/C=C(\C=C(/C)Cl)C(=O)N1CCc2cc(F)ccc21)OC. The third-order valence-electron chi connectivity index (χ3n) is 3.36. The minimum atomic E-state index is -0.298. The van der Waals surface area contributed by atoms with Crippen molar-refractivity contribution in [1.29, 1.82) is 0 Å². The first kappa shape index (κ1) is 16.3. The molecule has 0 unspecified atom stereocenters. The van der Waals surface area contributed by atoms with Gasteiger partial charge in [0.25, 0.3) is 5.91 Å². The Kier molecular flexibility index (Phi) is 5.03. The molecule has 116 valence electrons. The molecular weight excluding hydrogens is 305 g/mol. The van der Waals surface area contributed by atoms with E-state index in [0.29, 0.717) is 29.3 Å². The Hall–Kier alpha value is -2.07. The maximum Gasteiger partial charge on any atom is 0.258 e. The summed E-state index contributed by atoms with van der Waals surface area (Å²) >= 11 is 5.90. The van der Waals surface area contributed by atoms with E-state index in [1.807, 2.05) is 0 Å². The molecule has 0 fully saturated rings. The Bertz CT molecular complexity index is 675. The van der Waals surface area contributed by atoms with Crippen LogP contribution in [0.15, 0.2) is 53.3 Å². The predicted molar refractivity (Wildman–Crippen MR) is 86.3 cm³/mol. The monoisotopic (exact) mass is 321 g/mol. The molecule has 3 nitrogen and oxygen atoms in total. The van der Waals surface area contributed by atoms with E-state index >= 15 is 0 Å². The zero-order chi connectivity index (χ0) is 16.3. The highest BCUT2D eigenvalue weighted by Gasteiger charge is 2.26. The first-order valence-electron chi connectivity index (χ1n) is 6.81. The van der Waals surface area contributed by atoms with Crippen molar-refractivity contribution in [3.8, 4) is 0 Å². The van der Waals surface area contributed by atoms with E-state index in [1.54, 1.807) is 24.0 Å². The fourth-order valence-corrected chi connectivity index (χ4v) is 2.47. The van der Waals surface area contributed by atoms with Gasteiger partial charge in [0.1, 0.15) is 11.6 Å². The average molecular weight is 322 g/mol. The topological polar surface area (TPSA) is 29.5 Å². The molecule has 1 heterocycles. The second-order valence-electron chi connectivity index (χ2n) is 4.98. The van der Waals surface area contributed by atoms with Crippen LogP contribution < -0.4 is 4.90 Å². The van der Waals surface area contributed by atoms with Crippen LogP contribution in [0.4, 0.5) is 10.1 Å². The van der Waals surface area contributed by atoms with Gasteiger partial charge in [-0.25, -0.2) is 4.39 Å². The number of carbonyl (C=O) groups excluding carboxylic acids is 1. The summed E-state index contributed by atoms with van der Waals surface area (Å²) in [4.78, 5) is 14.4. The molecular formula is C17H17ClFNO2. The number of ether oxygens (including phenoxy) is 1. The Labute approximate surface area is 134 Å². The smallest absolute Gasteiger partial charge is 0.258 e. The minimum absolute atomic E-state index is 0.219. The fourth-order valence-electron chi connectivity index (χ4n) is 2.35. The molecule has 0 aromatic heterocycles. The van der Waals surface area contributed by atoms with Crippen LogP contribution in [-0.4, -0.2) is 19.6 Å². The van der Waals surface area contributed by atoms with E-state index in [-0.39, 0.29) is 11.7 Å². The van der Waals surface area contributed by atoms with Crippen LogP contribution in [0.2, 0.25) is 0 Å². The Morgan fingerprint density at radius 1 is 1.45 bits per heavy atom. The lowest BCUT2D eigenvalue weighted by atomic mass is 10.1. The third kappa shape index (κ3) is 3.57. The lowest BCUT2D eigenvalue weighted by Gasteiger charge is -2.18. The third-order valence-corrected chi connectivity index (χ3v) is 3.47. The Morgan fingerprint density at radius 3 is 2.82 bits per heavy atom. The number of methoxy groups -OCH3 is 1. The zero-order valence-electron chi connectivity index (χ0n) is 12.5. The molecule has 1 amide bonds. The van der Waals surface area contributed by atoms with Crippen LogP contribution in [0, 0.1) is 5.82 Å². The lowest BCUT2D eigenvalue weighted by molar-refractivity contribution is -0.114. The summed E-state index contributed by atoms with van der Waals surface area (Å²) in [6.07, 6.45) is 3.73. The lowest BCUT2D eigenvalue weighted by Crippen LogP contribution is -2.30. The Morgan fingerprint density at radius 2 is 2.18 bits per heavy atom. The van der Waals surface area contributed by atoms with E-state index in [9.17, 15) is 9.18 Å². The molecule has 1 aromatic carbocycles. The summed E-state index contributed by atoms with van der Waals surface area (Å²) < 4.78 is 18.3. The van der Waals surface area contributed by atoms with Crippen molar-refractivity contribution in [1.82, 2.24) is 0 Å². The maximum atomic E-state index is 13.3. The maximum absolute atomic E-state index is 13.3. The normalized spacial score (nSPS) is 14.8. The summed E-state index contributed by atoms with van der Waals surface area (Å²) in [5, 5.41) is 0.474. The van der Waals surface area contributed by atoms with Gasteiger partial charge in [-0.15, -0.1) is 0 Å². The van der Waals surface area contributed by atoms with Gasteiger partial charge in [0.2, 0.25) is 0 Å². The summed E-state index contributed by atoms with van der Waals surface area (Å²) in [7, 11) is 1.48. The standard InChI is InChI=1S/C17H17ClFNO2/c1-11(18)8-14(9-12(2)22-3)17(21)20-7-6-13-10-15(19)4-5-16(13)20/h4-5,8-10H,2,6-7H2,1,3H3/b11-8+,14-9+. The van der Waals surface area contributed by atoms with Crippen molar-refractivity contribution in [3.63, 3.8) is 0 Å². The number of benzene rings is 1. The summed E-state index contributed by atoms with van der Waals surface area (Å²) in [6.45, 7) is 5.88. The van der Waals surface area contributed by atoms with Crippen molar-refractivity contribution in [2.75, 3.05) is 18.6 Å². The van der Waals surface area contributed by atoms with Gasteiger partial charge in [-0.2, -0.15) is 0 Å². The number of rotatable bonds is 4. The fraction of sp³-hybridized carbons (Fsp3) is 0.235. The molecule has 1 aliphatic heterocycles. The number of amides is 1. The van der Waals surface area contributed by atoms with E-state index in [1.165, 1.54) is 25.3 Å².